The number of rotatable bonds is 11. The molecule has 0 saturated carbocycles. The molecule has 1 amide bonds. The largest absolute Gasteiger partial charge is 0.508 e. The number of likely N-dealkylation sites (N-methyl/N-ethyl adjacent to an activating group) is 1. The van der Waals surface area contributed by atoms with E-state index in [1.165, 1.54) is 35.2 Å². The van der Waals surface area contributed by atoms with Gasteiger partial charge in [-0.05, 0) is 64.6 Å². The van der Waals surface area contributed by atoms with Crippen molar-refractivity contribution in [2.75, 3.05) is 33.8 Å². The zero-order chi connectivity index (χ0) is 28.4. The number of alkyl halides is 3. The summed E-state index contributed by atoms with van der Waals surface area (Å²) >= 11 is 0. The summed E-state index contributed by atoms with van der Waals surface area (Å²) in [6.45, 7) is 3.32. The Hall–Kier alpha value is -4.04. The molecule has 5 nitrogen and oxygen atoms in total. The van der Waals surface area contributed by atoms with Crippen LogP contribution >= 0.6 is 0 Å². The maximum atomic E-state index is 13.9. The van der Waals surface area contributed by atoms with Gasteiger partial charge in [0.15, 0.2) is 0 Å². The van der Waals surface area contributed by atoms with Crippen molar-refractivity contribution in [3.8, 4) is 11.5 Å². The molecule has 0 atom stereocenters. The molecule has 0 spiro atoms. The number of halogens is 3. The first-order valence-corrected chi connectivity index (χ1v) is 12.6. The predicted molar refractivity (Wildman–Crippen MR) is 148 cm³/mol. The Bertz CT molecular complexity index is 1300. The highest BCUT2D eigenvalue weighted by molar-refractivity contribution is 5.99. The van der Waals surface area contributed by atoms with Crippen molar-refractivity contribution in [3.63, 3.8) is 0 Å². The van der Waals surface area contributed by atoms with Crippen LogP contribution in [0.15, 0.2) is 84.9 Å². The second kappa shape index (κ2) is 13.7. The average molecular weight is 539 g/mol. The van der Waals surface area contributed by atoms with Gasteiger partial charge in [0, 0.05) is 33.3 Å². The minimum atomic E-state index is -4.50. The number of carbonyl (C=O) groups is 1. The van der Waals surface area contributed by atoms with E-state index < -0.39 is 11.7 Å². The zero-order valence-electron chi connectivity index (χ0n) is 22.3. The normalized spacial score (nSPS) is 12.4. The third-order valence-electron chi connectivity index (χ3n) is 6.02. The third kappa shape index (κ3) is 8.22. The topological polar surface area (TPSA) is 61.8 Å². The molecule has 0 aliphatic carbocycles. The Morgan fingerprint density at radius 1 is 0.974 bits per heavy atom. The van der Waals surface area contributed by atoms with E-state index in [1.54, 1.807) is 50.5 Å². The summed E-state index contributed by atoms with van der Waals surface area (Å²) in [4.78, 5) is 13.0. The molecule has 0 aliphatic rings. The fourth-order valence-electron chi connectivity index (χ4n) is 4.09. The number of nitrogens with one attached hydrogen (secondary N) is 1. The van der Waals surface area contributed by atoms with E-state index >= 15 is 0 Å². The van der Waals surface area contributed by atoms with Crippen LogP contribution < -0.4 is 10.1 Å². The molecule has 3 rings (SSSR count). The van der Waals surface area contributed by atoms with E-state index in [9.17, 15) is 23.1 Å². The van der Waals surface area contributed by atoms with E-state index in [4.69, 9.17) is 4.74 Å². The van der Waals surface area contributed by atoms with Crippen molar-refractivity contribution in [1.82, 2.24) is 10.2 Å². The maximum absolute atomic E-state index is 13.9. The lowest BCUT2D eigenvalue weighted by molar-refractivity contribution is -0.137. The molecule has 206 valence electrons. The molecule has 0 unspecified atom stereocenters. The van der Waals surface area contributed by atoms with Crippen LogP contribution in [0, 0.1) is 0 Å². The molecule has 0 aromatic heterocycles. The van der Waals surface area contributed by atoms with Crippen molar-refractivity contribution in [3.05, 3.63) is 107 Å². The van der Waals surface area contributed by atoms with Gasteiger partial charge in [0.05, 0.1) is 5.56 Å². The van der Waals surface area contributed by atoms with Gasteiger partial charge >= 0.3 is 6.18 Å². The first-order chi connectivity index (χ1) is 18.6. The van der Waals surface area contributed by atoms with Crippen LogP contribution in [0.3, 0.4) is 0 Å². The van der Waals surface area contributed by atoms with Crippen LogP contribution in [-0.2, 0) is 11.0 Å². The number of nitrogens with zero attached hydrogens (tertiary/aromatic N) is 1. The Morgan fingerprint density at radius 3 is 2.18 bits per heavy atom. The second-order valence-electron chi connectivity index (χ2n) is 9.01. The van der Waals surface area contributed by atoms with Gasteiger partial charge in [0.1, 0.15) is 18.1 Å². The molecule has 8 heteroatoms. The molecular weight excluding hydrogens is 505 g/mol. The lowest BCUT2D eigenvalue weighted by atomic mass is 9.86. The number of amides is 1. The van der Waals surface area contributed by atoms with Gasteiger partial charge in [0.25, 0.3) is 0 Å². The number of benzene rings is 3. The van der Waals surface area contributed by atoms with Gasteiger partial charge in [0.2, 0.25) is 5.91 Å². The van der Waals surface area contributed by atoms with E-state index in [2.05, 4.69) is 5.32 Å². The standard InChI is InChI=1S/C31H33F3N2O3/c1-4-26(27-8-5-6-9-28(27)31(32,33)34)30(22-11-15-24(37)16-12-22)23-13-17-25(18-14-23)39-21-20-35-19-7-10-29(38)36(2)3/h5-18,35,37H,4,19-21H2,1-3H3. The average Bonchev–Trinajstić information content (AvgIpc) is 2.91. The molecule has 3 aromatic rings. The fourth-order valence-corrected chi connectivity index (χ4v) is 4.09. The van der Waals surface area contributed by atoms with Gasteiger partial charge in [-0.1, -0.05) is 55.5 Å². The predicted octanol–water partition coefficient (Wildman–Crippen LogP) is 6.39. The van der Waals surface area contributed by atoms with Gasteiger partial charge in [-0.15, -0.1) is 0 Å². The Labute approximate surface area is 227 Å². The first kappa shape index (κ1) is 29.5. The van der Waals surface area contributed by atoms with E-state index in [0.29, 0.717) is 48.6 Å². The molecule has 0 bridgehead atoms. The SMILES string of the molecule is CCC(=C(c1ccc(O)cc1)c1ccc(OCCNCC=CC(=O)N(C)C)cc1)c1ccccc1C(F)(F)F. The van der Waals surface area contributed by atoms with Gasteiger partial charge < -0.3 is 20.1 Å². The number of phenols is 1. The van der Waals surface area contributed by atoms with Gasteiger partial charge in [-0.2, -0.15) is 13.2 Å². The quantitative estimate of drug-likeness (QED) is 0.169. The summed E-state index contributed by atoms with van der Waals surface area (Å²) in [5.74, 6) is 0.614. The monoisotopic (exact) mass is 538 g/mol. The lowest BCUT2D eigenvalue weighted by Crippen LogP contribution is -2.22. The summed E-state index contributed by atoms with van der Waals surface area (Å²) in [6, 6.07) is 19.3. The van der Waals surface area contributed by atoms with Crippen molar-refractivity contribution in [2.24, 2.45) is 0 Å². The molecule has 3 aromatic carbocycles. The fraction of sp³-hybridized carbons (Fsp3) is 0.258. The van der Waals surface area contributed by atoms with Crippen LogP contribution in [0.4, 0.5) is 13.2 Å². The highest BCUT2D eigenvalue weighted by Crippen LogP contribution is 2.41. The smallest absolute Gasteiger partial charge is 0.416 e. The highest BCUT2D eigenvalue weighted by atomic mass is 19.4. The summed E-state index contributed by atoms with van der Waals surface area (Å²) in [5, 5.41) is 13.0. The van der Waals surface area contributed by atoms with Crippen molar-refractivity contribution < 1.29 is 27.8 Å². The third-order valence-corrected chi connectivity index (χ3v) is 6.02. The lowest BCUT2D eigenvalue weighted by Gasteiger charge is -2.20. The van der Waals surface area contributed by atoms with Crippen LogP contribution in [0.5, 0.6) is 11.5 Å². The number of ether oxygens (including phenoxy) is 1. The highest BCUT2D eigenvalue weighted by Gasteiger charge is 2.34. The number of carbonyl (C=O) groups excluding carboxylic acids is 1. The van der Waals surface area contributed by atoms with Crippen molar-refractivity contribution in [1.29, 1.82) is 0 Å². The summed E-state index contributed by atoms with van der Waals surface area (Å²) in [7, 11) is 3.38. The minimum absolute atomic E-state index is 0.0731. The van der Waals surface area contributed by atoms with Gasteiger partial charge in [-0.3, -0.25) is 4.79 Å². The Balaban J connectivity index is 1.84. The summed E-state index contributed by atoms with van der Waals surface area (Å²) in [6.07, 6.45) is -0.887. The number of hydrogen-bond acceptors (Lipinski definition) is 4. The van der Waals surface area contributed by atoms with Crippen LogP contribution in [0.2, 0.25) is 0 Å². The van der Waals surface area contributed by atoms with Crippen LogP contribution in [-0.4, -0.2) is 49.7 Å². The van der Waals surface area contributed by atoms with Crippen LogP contribution in [0.1, 0.15) is 35.6 Å². The molecule has 2 N–H and O–H groups in total. The van der Waals surface area contributed by atoms with Crippen molar-refractivity contribution >= 4 is 17.1 Å². The number of hydrogen-bond donors (Lipinski definition) is 2. The number of allylic oxidation sites excluding steroid dienone is 1. The molecular formula is C31H33F3N2O3. The number of phenolic OH excluding ortho intramolecular Hbond substituents is 1. The second-order valence-corrected chi connectivity index (χ2v) is 9.01. The van der Waals surface area contributed by atoms with E-state index in [1.807, 2.05) is 19.1 Å². The summed E-state index contributed by atoms with van der Waals surface area (Å²) in [5.41, 5.74) is 2.07. The van der Waals surface area contributed by atoms with E-state index in [-0.39, 0.29) is 17.2 Å². The molecule has 0 heterocycles. The molecule has 39 heavy (non-hydrogen) atoms. The maximum Gasteiger partial charge on any atom is 0.416 e. The Kier molecular flexibility index (Phi) is 10.3. The molecule has 0 aliphatic heterocycles. The molecule has 0 fully saturated rings. The number of aromatic hydroxyl groups is 1. The van der Waals surface area contributed by atoms with Gasteiger partial charge in [-0.25, -0.2) is 0 Å². The molecule has 0 saturated heterocycles. The zero-order valence-corrected chi connectivity index (χ0v) is 22.3. The first-order valence-electron chi connectivity index (χ1n) is 12.6. The minimum Gasteiger partial charge on any atom is -0.508 e. The van der Waals surface area contributed by atoms with E-state index in [0.717, 1.165) is 11.6 Å². The Morgan fingerprint density at radius 2 is 1.59 bits per heavy atom. The van der Waals surface area contributed by atoms with Crippen molar-refractivity contribution in [2.45, 2.75) is 19.5 Å². The summed E-state index contributed by atoms with van der Waals surface area (Å²) < 4.78 is 47.5. The van der Waals surface area contributed by atoms with Crippen LogP contribution in [0.25, 0.3) is 11.1 Å². The molecule has 0 radical (unpaired) electrons.